The van der Waals surface area contributed by atoms with Crippen LogP contribution in [-0.2, 0) is 9.59 Å². The van der Waals surface area contributed by atoms with E-state index in [4.69, 9.17) is 4.74 Å². The summed E-state index contributed by atoms with van der Waals surface area (Å²) in [5.74, 6) is -0.468. The number of nitrogens with one attached hydrogen (secondary N) is 3. The Kier molecular flexibility index (Phi) is 11.9. The van der Waals surface area contributed by atoms with Crippen molar-refractivity contribution in [1.29, 1.82) is 0 Å². The first kappa shape index (κ1) is 35.4. The second-order valence-electron chi connectivity index (χ2n) is 11.7. The van der Waals surface area contributed by atoms with E-state index in [-0.39, 0.29) is 11.6 Å². The molecule has 0 spiro atoms. The van der Waals surface area contributed by atoms with Gasteiger partial charge in [0.15, 0.2) is 0 Å². The zero-order valence-electron chi connectivity index (χ0n) is 28.5. The van der Waals surface area contributed by atoms with Gasteiger partial charge in [-0.1, -0.05) is 115 Å². The molecule has 3 N–H and O–H groups in total. The van der Waals surface area contributed by atoms with Gasteiger partial charge >= 0.3 is 0 Å². The molecule has 1 atom stereocenters. The molecule has 0 aliphatic heterocycles. The second kappa shape index (κ2) is 17.5. The van der Waals surface area contributed by atoms with Crippen molar-refractivity contribution in [2.45, 2.75) is 17.1 Å². The molecule has 6 rings (SSSR count). The number of para-hydroxylation sites is 2. The highest BCUT2D eigenvalue weighted by molar-refractivity contribution is 8.00. The number of carbonyl (C=O) groups is 3. The summed E-state index contributed by atoms with van der Waals surface area (Å²) in [5, 5.41) is 8.20. The number of ether oxygens (including phenoxy) is 1. The van der Waals surface area contributed by atoms with E-state index in [2.05, 4.69) is 16.0 Å². The van der Waals surface area contributed by atoms with Crippen LogP contribution in [0.1, 0.15) is 33.7 Å². The summed E-state index contributed by atoms with van der Waals surface area (Å²) >= 11 is 1.40. The van der Waals surface area contributed by atoms with Gasteiger partial charge in [0, 0.05) is 16.1 Å². The molecule has 0 aromatic heterocycles. The third-order valence-corrected chi connectivity index (χ3v) is 9.28. The Hall–Kier alpha value is -6.38. The van der Waals surface area contributed by atoms with Gasteiger partial charge in [-0.15, -0.1) is 11.8 Å². The van der Waals surface area contributed by atoms with Gasteiger partial charge in [0.25, 0.3) is 11.8 Å². The van der Waals surface area contributed by atoms with Gasteiger partial charge in [0.2, 0.25) is 5.91 Å². The first-order valence-electron chi connectivity index (χ1n) is 16.9. The summed E-state index contributed by atoms with van der Waals surface area (Å²) in [6.07, 6.45) is 1.65. The van der Waals surface area contributed by atoms with Gasteiger partial charge in [-0.25, -0.2) is 0 Å². The van der Waals surface area contributed by atoms with Crippen LogP contribution < -0.4 is 20.7 Å². The largest absolute Gasteiger partial charge is 0.492 e. The van der Waals surface area contributed by atoms with Crippen LogP contribution in [0.25, 0.3) is 17.2 Å². The molecule has 52 heavy (non-hydrogen) atoms. The lowest BCUT2D eigenvalue weighted by Crippen LogP contribution is -2.30. The van der Waals surface area contributed by atoms with E-state index in [1.54, 1.807) is 42.5 Å². The molecule has 1 unspecified atom stereocenters. The Morgan fingerprint density at radius 3 is 1.92 bits per heavy atom. The Morgan fingerprint density at radius 2 is 1.25 bits per heavy atom. The smallest absolute Gasteiger partial charge is 0.272 e. The Morgan fingerprint density at radius 1 is 0.654 bits per heavy atom. The maximum Gasteiger partial charge on any atom is 0.272 e. The summed E-state index contributed by atoms with van der Waals surface area (Å²) in [5.41, 5.74) is 5.36. The summed E-state index contributed by atoms with van der Waals surface area (Å²) in [6.45, 7) is 2.38. The molecule has 6 aromatic rings. The minimum atomic E-state index is -0.563. The van der Waals surface area contributed by atoms with E-state index in [1.165, 1.54) is 11.8 Å². The summed E-state index contributed by atoms with van der Waals surface area (Å²) < 4.78 is 5.72. The van der Waals surface area contributed by atoms with Crippen LogP contribution in [0.2, 0.25) is 0 Å². The van der Waals surface area contributed by atoms with E-state index in [0.717, 1.165) is 27.1 Å². The number of rotatable bonds is 13. The molecule has 0 fully saturated rings. The monoisotopic (exact) mass is 703 g/mol. The molecule has 7 nitrogen and oxygen atoms in total. The number of amides is 3. The van der Waals surface area contributed by atoms with Crippen LogP contribution in [0, 0.1) is 0 Å². The maximum atomic E-state index is 13.7. The summed E-state index contributed by atoms with van der Waals surface area (Å²) in [7, 11) is 0. The molecule has 3 amide bonds. The van der Waals surface area contributed by atoms with Crippen molar-refractivity contribution in [3.05, 3.63) is 186 Å². The fourth-order valence-electron chi connectivity index (χ4n) is 5.41. The van der Waals surface area contributed by atoms with Gasteiger partial charge in [0.05, 0.1) is 12.3 Å². The minimum Gasteiger partial charge on any atom is -0.492 e. The zero-order chi connectivity index (χ0) is 36.1. The average Bonchev–Trinajstić information content (AvgIpc) is 3.19. The summed E-state index contributed by atoms with van der Waals surface area (Å²) in [6, 6.07) is 50.7. The number of anilines is 2. The molecule has 0 aliphatic rings. The van der Waals surface area contributed by atoms with Crippen molar-refractivity contribution in [2.75, 3.05) is 17.2 Å². The number of thioether (sulfide) groups is 1. The fourth-order valence-corrected chi connectivity index (χ4v) is 6.44. The molecule has 258 valence electrons. The average molecular weight is 704 g/mol. The molecule has 0 bridgehead atoms. The lowest BCUT2D eigenvalue weighted by atomic mass is 10.0. The van der Waals surface area contributed by atoms with Crippen molar-refractivity contribution in [1.82, 2.24) is 5.32 Å². The van der Waals surface area contributed by atoms with Crippen LogP contribution in [0.5, 0.6) is 5.75 Å². The van der Waals surface area contributed by atoms with Crippen LogP contribution >= 0.6 is 11.8 Å². The molecule has 0 heterocycles. The number of hydrogen-bond donors (Lipinski definition) is 3. The van der Waals surface area contributed by atoms with E-state index in [1.807, 2.05) is 134 Å². The third-order valence-electron chi connectivity index (χ3n) is 8.01. The maximum absolute atomic E-state index is 13.7. The Balaban J connectivity index is 1.19. The van der Waals surface area contributed by atoms with Crippen molar-refractivity contribution in [2.24, 2.45) is 0 Å². The van der Waals surface area contributed by atoms with E-state index in [0.29, 0.717) is 29.3 Å². The SMILES string of the molecule is CCOc1ccccc1NC(=O)C(Sc1ccc(NC(=O)/C(=C/c2ccc(-c3ccccc3)cc2)NC(=O)c2ccccc2)cc1)c1ccccc1. The normalized spacial score (nSPS) is 11.6. The van der Waals surface area contributed by atoms with Gasteiger partial charge in [-0.2, -0.15) is 0 Å². The predicted octanol–water partition coefficient (Wildman–Crippen LogP) is 9.63. The van der Waals surface area contributed by atoms with Crippen LogP contribution in [0.15, 0.2) is 174 Å². The second-order valence-corrected chi connectivity index (χ2v) is 12.9. The first-order valence-corrected chi connectivity index (χ1v) is 17.7. The van der Waals surface area contributed by atoms with Crippen LogP contribution in [0.4, 0.5) is 11.4 Å². The van der Waals surface area contributed by atoms with Crippen molar-refractivity contribution in [3.63, 3.8) is 0 Å². The fraction of sp³-hybridized carbons (Fsp3) is 0.0682. The molecular formula is C44H37N3O4S. The highest BCUT2D eigenvalue weighted by atomic mass is 32.2. The van der Waals surface area contributed by atoms with E-state index >= 15 is 0 Å². The highest BCUT2D eigenvalue weighted by Gasteiger charge is 2.23. The van der Waals surface area contributed by atoms with Gasteiger partial charge < -0.3 is 20.7 Å². The Labute approximate surface area is 307 Å². The van der Waals surface area contributed by atoms with Crippen LogP contribution in [0.3, 0.4) is 0 Å². The van der Waals surface area contributed by atoms with Gasteiger partial charge in [-0.3, -0.25) is 14.4 Å². The quantitative estimate of drug-likeness (QED) is 0.0823. The van der Waals surface area contributed by atoms with Gasteiger partial charge in [-0.05, 0) is 83.8 Å². The zero-order valence-corrected chi connectivity index (χ0v) is 29.3. The molecule has 0 saturated carbocycles. The topological polar surface area (TPSA) is 96.5 Å². The number of benzene rings is 6. The molecule has 0 aliphatic carbocycles. The molecular weight excluding hydrogens is 667 g/mol. The van der Waals surface area contributed by atoms with E-state index in [9.17, 15) is 14.4 Å². The molecule has 8 heteroatoms. The van der Waals surface area contributed by atoms with Crippen molar-refractivity contribution >= 4 is 46.9 Å². The van der Waals surface area contributed by atoms with Crippen molar-refractivity contribution < 1.29 is 19.1 Å². The van der Waals surface area contributed by atoms with Crippen molar-refractivity contribution in [3.8, 4) is 16.9 Å². The lowest BCUT2D eigenvalue weighted by Gasteiger charge is -2.19. The lowest BCUT2D eigenvalue weighted by molar-refractivity contribution is -0.116. The third kappa shape index (κ3) is 9.44. The minimum absolute atomic E-state index is 0.0907. The Bertz CT molecular complexity index is 2140. The molecule has 0 radical (unpaired) electrons. The first-order chi connectivity index (χ1) is 25.5. The van der Waals surface area contributed by atoms with Crippen LogP contribution in [-0.4, -0.2) is 24.3 Å². The predicted molar refractivity (Wildman–Crippen MR) is 210 cm³/mol. The number of carbonyl (C=O) groups excluding carboxylic acids is 3. The highest BCUT2D eigenvalue weighted by Crippen LogP contribution is 2.37. The van der Waals surface area contributed by atoms with E-state index < -0.39 is 17.1 Å². The molecule has 6 aromatic carbocycles. The summed E-state index contributed by atoms with van der Waals surface area (Å²) in [4.78, 5) is 41.4. The standard InChI is InChI=1S/C44H37N3O4S/c1-2-51-40-21-13-12-20-38(40)46-44(50)41(34-16-8-4-9-17-34)52-37-28-26-36(27-29-37)45-43(49)39(47-42(48)35-18-10-5-11-19-35)30-31-22-24-33(25-23-31)32-14-6-3-7-15-32/h3-30,41H,2H2,1H3,(H,45,49)(H,46,50)(H,47,48)/b39-30-. The van der Waals surface area contributed by atoms with Gasteiger partial charge in [0.1, 0.15) is 16.7 Å². The number of hydrogen-bond acceptors (Lipinski definition) is 5. The molecule has 0 saturated heterocycles.